The summed E-state index contributed by atoms with van der Waals surface area (Å²) in [5, 5.41) is 2.19. The third kappa shape index (κ3) is 6.57. The monoisotopic (exact) mass is 620 g/mol. The maximum Gasteiger partial charge on any atom is 0.342 e. The number of nitrogens with one attached hydrogen (secondary N) is 1. The molecule has 2 saturated heterocycles. The highest BCUT2D eigenvalue weighted by Gasteiger charge is 2.60. The van der Waals surface area contributed by atoms with Crippen LogP contribution in [0.3, 0.4) is 0 Å². The summed E-state index contributed by atoms with van der Waals surface area (Å²) >= 11 is 18.2. The fourth-order valence-electron chi connectivity index (χ4n) is 4.01. The fraction of sp³-hybridized carbons (Fsp3) is 0.375. The molecule has 0 radical (unpaired) electrons. The molecule has 204 valence electrons. The number of hydrogen-bond donors (Lipinski definition) is 1. The lowest BCUT2D eigenvalue weighted by atomic mass is 9.99. The third-order valence-corrected chi connectivity index (χ3v) is 9.11. The molecule has 9 nitrogen and oxygen atoms in total. The summed E-state index contributed by atoms with van der Waals surface area (Å²) in [5.74, 6) is -2.13. The topological polar surface area (TPSA) is 119 Å². The average Bonchev–Trinajstić information content (AvgIpc) is 2.86. The predicted molar refractivity (Wildman–Crippen MR) is 143 cm³/mol. The number of halogens is 3. The predicted octanol–water partition coefficient (Wildman–Crippen LogP) is 3.00. The van der Waals surface area contributed by atoms with Gasteiger partial charge in [0.1, 0.15) is 18.0 Å². The number of esters is 1. The first-order valence-electron chi connectivity index (χ1n) is 11.3. The van der Waals surface area contributed by atoms with E-state index in [0.717, 1.165) is 22.9 Å². The lowest BCUT2D eigenvalue weighted by Crippen LogP contribution is -2.75. The number of benzene rings is 2. The van der Waals surface area contributed by atoms with Crippen molar-refractivity contribution in [3.8, 4) is 0 Å². The number of nitrogens with zero attached hydrogens (tertiary/aromatic N) is 1. The molecule has 38 heavy (non-hydrogen) atoms. The lowest BCUT2D eigenvalue weighted by molar-refractivity contribution is -0.168. The van der Waals surface area contributed by atoms with E-state index in [4.69, 9.17) is 43.7 Å². The summed E-state index contributed by atoms with van der Waals surface area (Å²) < 4.78 is 34.9. The third-order valence-electron chi connectivity index (χ3n) is 5.90. The second-order valence-corrected chi connectivity index (χ2v) is 14.1. The van der Waals surface area contributed by atoms with Crippen molar-refractivity contribution in [2.24, 2.45) is 0 Å². The molecule has 2 fully saturated rings. The average molecular weight is 622 g/mol. The van der Waals surface area contributed by atoms with E-state index in [2.05, 4.69) is 5.32 Å². The quantitative estimate of drug-likeness (QED) is 0.207. The SMILES string of the molecule is Cc1ccc(S(=O)(=O)OC2(C(=O)OCC(Cl)(Cl)Cl)CS[C@@H]3C(NC(=O)Cc4ccccc4)C(=O)N3C2)cc1. The number of aryl methyl sites for hydroxylation is 1. The van der Waals surface area contributed by atoms with Crippen molar-refractivity contribution in [2.45, 2.75) is 39.0 Å². The lowest BCUT2D eigenvalue weighted by Gasteiger charge is -2.53. The highest BCUT2D eigenvalue weighted by molar-refractivity contribution is 8.00. The molecule has 4 rings (SSSR count). The Labute approximate surface area is 239 Å². The summed E-state index contributed by atoms with van der Waals surface area (Å²) in [6.07, 6.45) is 0.0905. The molecule has 1 N–H and O–H groups in total. The smallest absolute Gasteiger partial charge is 0.342 e. The Morgan fingerprint density at radius 2 is 1.79 bits per heavy atom. The second kappa shape index (κ2) is 11.2. The zero-order chi connectivity index (χ0) is 27.7. The second-order valence-electron chi connectivity index (χ2n) is 8.91. The maximum absolute atomic E-state index is 13.2. The Kier molecular flexibility index (Phi) is 8.56. The number of β-lactam (4-membered cyclic amide) rings is 1. The van der Waals surface area contributed by atoms with E-state index >= 15 is 0 Å². The summed E-state index contributed by atoms with van der Waals surface area (Å²) in [6.45, 7) is 0.694. The first kappa shape index (κ1) is 29.0. The van der Waals surface area contributed by atoms with Crippen LogP contribution in [0.25, 0.3) is 0 Å². The number of thioether (sulfide) groups is 1. The van der Waals surface area contributed by atoms with Gasteiger partial charge in [0.2, 0.25) is 21.2 Å². The number of fused-ring (bicyclic) bond motifs is 1. The minimum atomic E-state index is -4.46. The van der Waals surface area contributed by atoms with Crippen LogP contribution in [0.1, 0.15) is 11.1 Å². The van der Waals surface area contributed by atoms with Crippen molar-refractivity contribution in [1.29, 1.82) is 0 Å². The van der Waals surface area contributed by atoms with Gasteiger partial charge in [0.25, 0.3) is 10.1 Å². The number of amides is 2. The first-order chi connectivity index (χ1) is 17.8. The molecule has 0 aromatic heterocycles. The van der Waals surface area contributed by atoms with Crippen molar-refractivity contribution in [1.82, 2.24) is 10.2 Å². The van der Waals surface area contributed by atoms with E-state index in [0.29, 0.717) is 0 Å². The first-order valence-corrected chi connectivity index (χ1v) is 14.9. The van der Waals surface area contributed by atoms with Gasteiger partial charge in [-0.15, -0.1) is 11.8 Å². The largest absolute Gasteiger partial charge is 0.459 e. The minimum Gasteiger partial charge on any atom is -0.459 e. The van der Waals surface area contributed by atoms with Gasteiger partial charge in [-0.05, 0) is 24.6 Å². The van der Waals surface area contributed by atoms with Gasteiger partial charge >= 0.3 is 5.97 Å². The Bertz CT molecular complexity index is 1320. The molecule has 2 amide bonds. The van der Waals surface area contributed by atoms with E-state index in [-0.39, 0.29) is 23.0 Å². The van der Waals surface area contributed by atoms with Crippen LogP contribution in [0.5, 0.6) is 0 Å². The van der Waals surface area contributed by atoms with Crippen LogP contribution in [0, 0.1) is 6.92 Å². The van der Waals surface area contributed by atoms with Gasteiger partial charge in [-0.3, -0.25) is 9.59 Å². The zero-order valence-corrected chi connectivity index (χ0v) is 23.8. The van der Waals surface area contributed by atoms with Gasteiger partial charge in [0, 0.05) is 5.75 Å². The molecular formula is C24H23Cl3N2O7S2. The number of ether oxygens (including phenoxy) is 1. The molecule has 2 aliphatic heterocycles. The van der Waals surface area contributed by atoms with Crippen LogP contribution >= 0.6 is 46.6 Å². The summed E-state index contributed by atoms with van der Waals surface area (Å²) in [6, 6.07) is 14.1. The normalized spacial score (nSPS) is 23.3. The van der Waals surface area contributed by atoms with Crippen LogP contribution in [-0.4, -0.2) is 70.8 Å². The molecule has 2 aromatic carbocycles. The highest BCUT2D eigenvalue weighted by atomic mass is 35.6. The van der Waals surface area contributed by atoms with Gasteiger partial charge in [-0.2, -0.15) is 8.42 Å². The standard InChI is InChI=1S/C24H23Cl3N2O7S2/c1-15-7-9-17(10-8-15)38(33,34)36-23(22(32)35-13-24(25,26)27)12-29-20(31)19(21(29)37-14-23)28-18(30)11-16-5-3-2-4-6-16/h2-10,19,21H,11-14H2,1H3,(H,28,30)/t19?,21-,23?/m1/s1. The molecule has 3 atom stereocenters. The van der Waals surface area contributed by atoms with Gasteiger partial charge < -0.3 is 15.0 Å². The van der Waals surface area contributed by atoms with E-state index < -0.39 is 56.0 Å². The number of alkyl halides is 3. The molecule has 2 heterocycles. The molecule has 2 unspecified atom stereocenters. The number of carbonyl (C=O) groups excluding carboxylic acids is 3. The van der Waals surface area contributed by atoms with Gasteiger partial charge in [-0.25, -0.2) is 8.98 Å². The van der Waals surface area contributed by atoms with Crippen molar-refractivity contribution in [2.75, 3.05) is 18.9 Å². The summed E-state index contributed by atoms with van der Waals surface area (Å²) in [5.41, 5.74) is -0.492. The van der Waals surface area contributed by atoms with Crippen LogP contribution in [0.4, 0.5) is 0 Å². The van der Waals surface area contributed by atoms with Crippen LogP contribution in [0.2, 0.25) is 0 Å². The van der Waals surface area contributed by atoms with E-state index in [1.807, 2.05) is 18.2 Å². The number of rotatable bonds is 8. The van der Waals surface area contributed by atoms with E-state index in [1.165, 1.54) is 17.0 Å². The van der Waals surface area contributed by atoms with E-state index in [1.54, 1.807) is 31.2 Å². The van der Waals surface area contributed by atoms with E-state index in [9.17, 15) is 22.8 Å². The van der Waals surface area contributed by atoms with Crippen molar-refractivity contribution < 1.29 is 31.7 Å². The van der Waals surface area contributed by atoms with Crippen molar-refractivity contribution in [3.05, 3.63) is 65.7 Å². The molecule has 2 aliphatic rings. The molecule has 14 heteroatoms. The van der Waals surface area contributed by atoms with Crippen molar-refractivity contribution in [3.63, 3.8) is 0 Å². The van der Waals surface area contributed by atoms with Crippen molar-refractivity contribution >= 4 is 74.5 Å². The number of carbonyl (C=O) groups is 3. The Morgan fingerprint density at radius 3 is 2.42 bits per heavy atom. The van der Waals surface area contributed by atoms with Gasteiger partial charge in [-0.1, -0.05) is 82.8 Å². The Morgan fingerprint density at radius 1 is 1.13 bits per heavy atom. The molecular weight excluding hydrogens is 599 g/mol. The molecule has 2 aromatic rings. The van der Waals surface area contributed by atoms with Gasteiger partial charge in [0.05, 0.1) is 17.9 Å². The molecule has 0 bridgehead atoms. The maximum atomic E-state index is 13.2. The Balaban J connectivity index is 1.51. The van der Waals surface area contributed by atoms with Crippen LogP contribution in [0.15, 0.2) is 59.5 Å². The zero-order valence-electron chi connectivity index (χ0n) is 19.9. The van der Waals surface area contributed by atoms with Crippen LogP contribution < -0.4 is 5.32 Å². The Hall–Kier alpha value is -2.02. The van der Waals surface area contributed by atoms with Crippen LogP contribution in [-0.2, 0) is 39.8 Å². The summed E-state index contributed by atoms with van der Waals surface area (Å²) in [7, 11) is -4.46. The number of hydrogen-bond acceptors (Lipinski definition) is 8. The molecule has 0 aliphatic carbocycles. The summed E-state index contributed by atoms with van der Waals surface area (Å²) in [4.78, 5) is 39.7. The highest BCUT2D eigenvalue weighted by Crippen LogP contribution is 2.42. The minimum absolute atomic E-state index is 0.0905. The molecule has 0 spiro atoms. The fourth-order valence-corrected chi connectivity index (χ4v) is 6.85. The van der Waals surface area contributed by atoms with Gasteiger partial charge in [0.15, 0.2) is 0 Å². The molecule has 0 saturated carbocycles.